The van der Waals surface area contributed by atoms with E-state index in [1.807, 2.05) is 12.1 Å². The van der Waals surface area contributed by atoms with Crippen LogP contribution in [0.3, 0.4) is 0 Å². The van der Waals surface area contributed by atoms with Crippen molar-refractivity contribution in [1.82, 2.24) is 4.98 Å². The molecule has 0 amide bonds. The van der Waals surface area contributed by atoms with Crippen LogP contribution in [0.2, 0.25) is 0 Å². The van der Waals surface area contributed by atoms with Gasteiger partial charge in [-0.1, -0.05) is 6.07 Å². The van der Waals surface area contributed by atoms with Gasteiger partial charge in [-0.3, -0.25) is 9.78 Å². The molecule has 0 spiro atoms. The normalized spacial score (nSPS) is 10.0. The van der Waals surface area contributed by atoms with E-state index in [-0.39, 0.29) is 6.42 Å². The minimum absolute atomic E-state index is 0.160. The van der Waals surface area contributed by atoms with Gasteiger partial charge in [-0.15, -0.1) is 0 Å². The molecule has 4 nitrogen and oxygen atoms in total. The van der Waals surface area contributed by atoms with Crippen LogP contribution < -0.4 is 0 Å². The highest BCUT2D eigenvalue weighted by Gasteiger charge is 1.96. The molecule has 0 radical (unpaired) electrons. The monoisotopic (exact) mass is 195 g/mol. The fourth-order valence-electron chi connectivity index (χ4n) is 0.999. The maximum atomic E-state index is 10.2. The minimum atomic E-state index is -0.782. The lowest BCUT2D eigenvalue weighted by molar-refractivity contribution is -0.137. The van der Waals surface area contributed by atoms with Gasteiger partial charge in [0.2, 0.25) is 0 Å². The van der Waals surface area contributed by atoms with E-state index in [0.29, 0.717) is 19.6 Å². The molecular formula is C10H13NO3. The molecule has 14 heavy (non-hydrogen) atoms. The van der Waals surface area contributed by atoms with E-state index in [9.17, 15) is 4.79 Å². The Kier molecular flexibility index (Phi) is 4.64. The van der Waals surface area contributed by atoms with Crippen molar-refractivity contribution in [2.24, 2.45) is 0 Å². The highest BCUT2D eigenvalue weighted by molar-refractivity contribution is 5.66. The first-order valence-corrected chi connectivity index (χ1v) is 4.47. The second-order valence-electron chi connectivity index (χ2n) is 2.91. The number of carboxylic acids is 1. The topological polar surface area (TPSA) is 59.4 Å². The molecule has 0 aliphatic rings. The highest BCUT2D eigenvalue weighted by Crippen LogP contribution is 1.99. The number of nitrogens with zero attached hydrogens (tertiary/aromatic N) is 1. The van der Waals surface area contributed by atoms with Crippen LogP contribution in [0.1, 0.15) is 18.4 Å². The number of rotatable bonds is 6. The number of pyridine rings is 1. The molecule has 0 aliphatic heterocycles. The Bertz CT molecular complexity index is 274. The van der Waals surface area contributed by atoms with Crippen molar-refractivity contribution >= 4 is 5.97 Å². The molecule has 0 aromatic carbocycles. The molecule has 0 bridgehead atoms. The van der Waals surface area contributed by atoms with E-state index in [1.165, 1.54) is 0 Å². The van der Waals surface area contributed by atoms with Gasteiger partial charge in [-0.05, 0) is 18.1 Å². The number of carbonyl (C=O) groups is 1. The van der Waals surface area contributed by atoms with E-state index in [0.717, 1.165) is 5.56 Å². The summed E-state index contributed by atoms with van der Waals surface area (Å²) < 4.78 is 5.27. The van der Waals surface area contributed by atoms with E-state index in [2.05, 4.69) is 4.98 Å². The zero-order chi connectivity index (χ0) is 10.2. The summed E-state index contributed by atoms with van der Waals surface area (Å²) in [5, 5.41) is 8.36. The summed E-state index contributed by atoms with van der Waals surface area (Å²) in [6.45, 7) is 0.967. The van der Waals surface area contributed by atoms with Crippen molar-refractivity contribution in [1.29, 1.82) is 0 Å². The van der Waals surface area contributed by atoms with Gasteiger partial charge in [0.15, 0.2) is 0 Å². The van der Waals surface area contributed by atoms with Crippen LogP contribution in [-0.4, -0.2) is 22.7 Å². The van der Waals surface area contributed by atoms with Crippen molar-refractivity contribution in [3.05, 3.63) is 30.1 Å². The fraction of sp³-hybridized carbons (Fsp3) is 0.400. The lowest BCUT2D eigenvalue weighted by Crippen LogP contribution is -2.00. The average molecular weight is 195 g/mol. The predicted octanol–water partition coefficient (Wildman–Crippen LogP) is 1.46. The number of hydrogen-bond acceptors (Lipinski definition) is 3. The molecule has 1 N–H and O–H groups in total. The molecule has 0 saturated carbocycles. The Labute approximate surface area is 82.5 Å². The van der Waals surface area contributed by atoms with Crippen LogP contribution >= 0.6 is 0 Å². The number of aromatic nitrogens is 1. The first kappa shape index (κ1) is 10.7. The molecule has 1 heterocycles. The number of ether oxygens (including phenoxy) is 1. The van der Waals surface area contributed by atoms with Crippen LogP contribution in [0.15, 0.2) is 24.5 Å². The maximum absolute atomic E-state index is 10.2. The lowest BCUT2D eigenvalue weighted by Gasteiger charge is -2.02. The third kappa shape index (κ3) is 4.57. The first-order valence-electron chi connectivity index (χ1n) is 4.47. The van der Waals surface area contributed by atoms with Gasteiger partial charge in [0, 0.05) is 25.4 Å². The zero-order valence-corrected chi connectivity index (χ0v) is 7.85. The van der Waals surface area contributed by atoms with Crippen molar-refractivity contribution in [3.63, 3.8) is 0 Å². The fourth-order valence-corrected chi connectivity index (χ4v) is 0.999. The molecule has 1 aromatic rings. The Balaban J connectivity index is 2.08. The number of carboxylic acid groups (broad SMARTS) is 1. The molecular weight excluding hydrogens is 182 g/mol. The zero-order valence-electron chi connectivity index (χ0n) is 7.85. The highest BCUT2D eigenvalue weighted by atomic mass is 16.5. The van der Waals surface area contributed by atoms with Crippen LogP contribution in [0, 0.1) is 0 Å². The molecule has 0 unspecified atom stereocenters. The summed E-state index contributed by atoms with van der Waals surface area (Å²) in [7, 11) is 0. The predicted molar refractivity (Wildman–Crippen MR) is 50.8 cm³/mol. The summed E-state index contributed by atoms with van der Waals surface area (Å²) in [5.41, 5.74) is 1.00. The van der Waals surface area contributed by atoms with Gasteiger partial charge in [-0.2, -0.15) is 0 Å². The Morgan fingerprint density at radius 1 is 1.57 bits per heavy atom. The van der Waals surface area contributed by atoms with Gasteiger partial charge in [0.25, 0.3) is 0 Å². The maximum Gasteiger partial charge on any atom is 0.303 e. The van der Waals surface area contributed by atoms with Crippen LogP contribution in [0.4, 0.5) is 0 Å². The summed E-state index contributed by atoms with van der Waals surface area (Å²) in [4.78, 5) is 14.1. The Hall–Kier alpha value is -1.42. The summed E-state index contributed by atoms with van der Waals surface area (Å²) in [6.07, 6.45) is 4.15. The van der Waals surface area contributed by atoms with Crippen molar-refractivity contribution in [2.75, 3.05) is 6.61 Å². The molecule has 4 heteroatoms. The largest absolute Gasteiger partial charge is 0.481 e. The van der Waals surface area contributed by atoms with Gasteiger partial charge in [0.05, 0.1) is 6.61 Å². The van der Waals surface area contributed by atoms with Gasteiger partial charge < -0.3 is 9.84 Å². The van der Waals surface area contributed by atoms with E-state index < -0.39 is 5.97 Å². The van der Waals surface area contributed by atoms with Gasteiger partial charge >= 0.3 is 5.97 Å². The van der Waals surface area contributed by atoms with Crippen LogP contribution in [0.25, 0.3) is 0 Å². The van der Waals surface area contributed by atoms with Gasteiger partial charge in [0.1, 0.15) is 0 Å². The smallest absolute Gasteiger partial charge is 0.303 e. The SMILES string of the molecule is O=C(O)CCCOCc1cccnc1. The van der Waals surface area contributed by atoms with E-state index >= 15 is 0 Å². The molecule has 0 saturated heterocycles. The number of hydrogen-bond donors (Lipinski definition) is 1. The number of aliphatic carboxylic acids is 1. The van der Waals surface area contributed by atoms with E-state index in [1.54, 1.807) is 12.4 Å². The van der Waals surface area contributed by atoms with Gasteiger partial charge in [-0.25, -0.2) is 0 Å². The van der Waals surface area contributed by atoms with Crippen molar-refractivity contribution < 1.29 is 14.6 Å². The third-order valence-electron chi connectivity index (χ3n) is 1.67. The van der Waals surface area contributed by atoms with Crippen molar-refractivity contribution in [3.8, 4) is 0 Å². The molecule has 1 rings (SSSR count). The quantitative estimate of drug-likeness (QED) is 0.698. The standard InChI is InChI=1S/C10H13NO3/c12-10(13)4-2-6-14-8-9-3-1-5-11-7-9/h1,3,5,7H,2,4,6,8H2,(H,12,13). The summed E-state index contributed by atoms with van der Waals surface area (Å²) in [5.74, 6) is -0.782. The van der Waals surface area contributed by atoms with Crippen molar-refractivity contribution in [2.45, 2.75) is 19.4 Å². The minimum Gasteiger partial charge on any atom is -0.481 e. The summed E-state index contributed by atoms with van der Waals surface area (Å²) >= 11 is 0. The molecule has 1 aromatic heterocycles. The molecule has 0 atom stereocenters. The third-order valence-corrected chi connectivity index (χ3v) is 1.67. The summed E-state index contributed by atoms with van der Waals surface area (Å²) in [6, 6.07) is 3.76. The Morgan fingerprint density at radius 2 is 2.43 bits per heavy atom. The Morgan fingerprint density at radius 3 is 3.07 bits per heavy atom. The average Bonchev–Trinajstić information content (AvgIpc) is 2.18. The second kappa shape index (κ2) is 6.10. The van der Waals surface area contributed by atoms with Crippen LogP contribution in [-0.2, 0) is 16.1 Å². The van der Waals surface area contributed by atoms with Crippen LogP contribution in [0.5, 0.6) is 0 Å². The van der Waals surface area contributed by atoms with E-state index in [4.69, 9.17) is 9.84 Å². The molecule has 0 aliphatic carbocycles. The lowest BCUT2D eigenvalue weighted by atomic mass is 10.3. The molecule has 0 fully saturated rings. The molecule has 76 valence electrons. The second-order valence-corrected chi connectivity index (χ2v) is 2.91. The first-order chi connectivity index (χ1) is 6.79.